The molecular weight excluding hydrogens is 478 g/mol. The molecule has 1 heterocycles. The zero-order valence-corrected chi connectivity index (χ0v) is 18.1. The van der Waals surface area contributed by atoms with Gasteiger partial charge in [0.05, 0.1) is 29.7 Å². The predicted molar refractivity (Wildman–Crippen MR) is 108 cm³/mol. The van der Waals surface area contributed by atoms with Crippen LogP contribution in [0.2, 0.25) is 0 Å². The Balaban J connectivity index is 1.52. The number of hydrogen-bond acceptors (Lipinski definition) is 4. The van der Waals surface area contributed by atoms with Gasteiger partial charge in [-0.05, 0) is 48.9 Å². The number of alkyl halides is 2. The number of unbranched alkanes of at least 4 members (excludes halogenated alkanes) is 1. The highest BCUT2D eigenvalue weighted by Gasteiger charge is 2.66. The number of anilines is 1. The third-order valence-electron chi connectivity index (χ3n) is 6.08. The SMILES string of the molecule is CCCCOC(=O)c1ccc(N2C(=O)[C@@H]3[C@@H]4C[C@H]([C@H](Br)[C@@H]4Br)[C@@H]3C2=O)cc1. The van der Waals surface area contributed by atoms with Crippen molar-refractivity contribution in [3.63, 3.8) is 0 Å². The maximum atomic E-state index is 13.0. The average Bonchev–Trinajstić information content (AvgIpc) is 3.27. The monoisotopic (exact) mass is 497 g/mol. The number of nitrogens with zero attached hydrogens (tertiary/aromatic N) is 1. The quantitative estimate of drug-likeness (QED) is 0.267. The molecule has 2 saturated carbocycles. The van der Waals surface area contributed by atoms with Crippen molar-refractivity contribution in [1.82, 2.24) is 0 Å². The third-order valence-corrected chi connectivity index (χ3v) is 9.29. The first-order valence-electron chi connectivity index (χ1n) is 9.38. The van der Waals surface area contributed by atoms with Gasteiger partial charge in [-0.25, -0.2) is 4.79 Å². The molecule has 0 N–H and O–H groups in total. The van der Waals surface area contributed by atoms with Crippen LogP contribution in [0, 0.1) is 23.7 Å². The number of ether oxygens (including phenoxy) is 1. The van der Waals surface area contributed by atoms with E-state index in [1.165, 1.54) is 4.90 Å². The second kappa shape index (κ2) is 7.32. The molecule has 0 aromatic heterocycles. The van der Waals surface area contributed by atoms with Gasteiger partial charge in [0.15, 0.2) is 0 Å². The molecule has 0 unspecified atom stereocenters. The fourth-order valence-corrected chi connectivity index (χ4v) is 6.62. The van der Waals surface area contributed by atoms with Crippen LogP contribution in [0.25, 0.3) is 0 Å². The van der Waals surface area contributed by atoms with E-state index in [1.807, 2.05) is 6.92 Å². The Morgan fingerprint density at radius 2 is 1.63 bits per heavy atom. The van der Waals surface area contributed by atoms with Crippen LogP contribution < -0.4 is 4.90 Å². The number of benzene rings is 1. The van der Waals surface area contributed by atoms with Gasteiger partial charge in [-0.1, -0.05) is 45.2 Å². The van der Waals surface area contributed by atoms with Crippen LogP contribution in [-0.4, -0.2) is 34.0 Å². The molecule has 1 saturated heterocycles. The molecule has 4 rings (SSSR count). The normalized spacial score (nSPS) is 34.3. The molecule has 2 bridgehead atoms. The number of imide groups is 1. The summed E-state index contributed by atoms with van der Waals surface area (Å²) in [5.41, 5.74) is 0.955. The molecule has 1 aromatic rings. The molecule has 5 nitrogen and oxygen atoms in total. The molecule has 3 aliphatic rings. The lowest BCUT2D eigenvalue weighted by Crippen LogP contribution is -2.37. The van der Waals surface area contributed by atoms with Gasteiger partial charge in [0.2, 0.25) is 11.8 Å². The molecule has 2 aliphatic carbocycles. The van der Waals surface area contributed by atoms with Crippen molar-refractivity contribution in [3.8, 4) is 0 Å². The summed E-state index contributed by atoms with van der Waals surface area (Å²) in [4.78, 5) is 39.8. The standard InChI is InChI=1S/C20H21Br2NO4/c1-2-3-8-27-20(26)10-4-6-11(7-5-10)23-18(24)14-12-9-13(15(14)19(23)25)17(22)16(12)21/h4-7,12-17H,2-3,8-9H2,1H3/t12-,13-,14-,15+,16-,17+/m0/s1. The Morgan fingerprint density at radius 1 is 1.07 bits per heavy atom. The van der Waals surface area contributed by atoms with Gasteiger partial charge >= 0.3 is 5.97 Å². The van der Waals surface area contributed by atoms with E-state index >= 15 is 0 Å². The number of fused-ring (bicyclic) bond motifs is 5. The molecular formula is C20H21Br2NO4. The first-order valence-corrected chi connectivity index (χ1v) is 11.2. The van der Waals surface area contributed by atoms with E-state index in [9.17, 15) is 14.4 Å². The maximum Gasteiger partial charge on any atom is 0.338 e. The van der Waals surface area contributed by atoms with Crippen LogP contribution in [0.5, 0.6) is 0 Å². The minimum atomic E-state index is -0.381. The van der Waals surface area contributed by atoms with Gasteiger partial charge in [-0.3, -0.25) is 14.5 Å². The van der Waals surface area contributed by atoms with Crippen molar-refractivity contribution in [2.24, 2.45) is 23.7 Å². The van der Waals surface area contributed by atoms with E-state index in [0.717, 1.165) is 19.3 Å². The van der Waals surface area contributed by atoms with Crippen LogP contribution in [0.3, 0.4) is 0 Å². The summed E-state index contributed by atoms with van der Waals surface area (Å²) >= 11 is 7.38. The largest absolute Gasteiger partial charge is 0.462 e. The lowest BCUT2D eigenvalue weighted by molar-refractivity contribution is -0.123. The summed E-state index contributed by atoms with van der Waals surface area (Å²) < 4.78 is 5.20. The summed E-state index contributed by atoms with van der Waals surface area (Å²) in [6.45, 7) is 2.43. The Kier molecular flexibility index (Phi) is 5.18. The van der Waals surface area contributed by atoms with E-state index in [0.29, 0.717) is 17.9 Å². The van der Waals surface area contributed by atoms with E-state index in [4.69, 9.17) is 4.74 Å². The minimum Gasteiger partial charge on any atom is -0.462 e. The first-order chi connectivity index (χ1) is 13.0. The van der Waals surface area contributed by atoms with Crippen molar-refractivity contribution < 1.29 is 19.1 Å². The molecule has 0 spiro atoms. The van der Waals surface area contributed by atoms with Gasteiger partial charge in [0.25, 0.3) is 0 Å². The van der Waals surface area contributed by atoms with Crippen molar-refractivity contribution in [1.29, 1.82) is 0 Å². The lowest BCUT2D eigenvalue weighted by Gasteiger charge is -2.28. The van der Waals surface area contributed by atoms with E-state index in [2.05, 4.69) is 31.9 Å². The highest BCUT2D eigenvalue weighted by atomic mass is 79.9. The second-order valence-electron chi connectivity index (χ2n) is 7.55. The topological polar surface area (TPSA) is 63.7 Å². The van der Waals surface area contributed by atoms with Crippen LogP contribution in [0.15, 0.2) is 24.3 Å². The van der Waals surface area contributed by atoms with Gasteiger partial charge in [-0.15, -0.1) is 0 Å². The van der Waals surface area contributed by atoms with E-state index in [1.54, 1.807) is 24.3 Å². The second-order valence-corrected chi connectivity index (χ2v) is 9.67. The van der Waals surface area contributed by atoms with Gasteiger partial charge in [-0.2, -0.15) is 0 Å². The molecule has 1 aromatic carbocycles. The number of amides is 2. The number of carbonyl (C=O) groups excluding carboxylic acids is 3. The van der Waals surface area contributed by atoms with E-state index < -0.39 is 0 Å². The number of hydrogen-bond donors (Lipinski definition) is 0. The molecule has 6 atom stereocenters. The van der Waals surface area contributed by atoms with Crippen molar-refractivity contribution in [3.05, 3.63) is 29.8 Å². The fraction of sp³-hybridized carbons (Fsp3) is 0.550. The van der Waals surface area contributed by atoms with Crippen molar-refractivity contribution in [2.45, 2.75) is 35.8 Å². The lowest BCUT2D eigenvalue weighted by atomic mass is 9.81. The predicted octanol–water partition coefficient (Wildman–Crippen LogP) is 3.93. The van der Waals surface area contributed by atoms with Crippen molar-refractivity contribution in [2.75, 3.05) is 11.5 Å². The smallest absolute Gasteiger partial charge is 0.338 e. The fourth-order valence-electron chi connectivity index (χ4n) is 4.74. The molecule has 3 fully saturated rings. The summed E-state index contributed by atoms with van der Waals surface area (Å²) in [7, 11) is 0. The van der Waals surface area contributed by atoms with Gasteiger partial charge < -0.3 is 4.74 Å². The highest BCUT2D eigenvalue weighted by Crippen LogP contribution is 2.60. The van der Waals surface area contributed by atoms with Gasteiger partial charge in [0, 0.05) is 9.65 Å². The number of esters is 1. The Bertz CT molecular complexity index is 749. The molecule has 2 amide bonds. The summed E-state index contributed by atoms with van der Waals surface area (Å²) in [5, 5.41) is 0. The first kappa shape index (κ1) is 19.1. The third kappa shape index (κ3) is 2.97. The Morgan fingerprint density at radius 3 is 2.15 bits per heavy atom. The molecule has 7 heteroatoms. The Labute approximate surface area is 175 Å². The summed E-state index contributed by atoms with van der Waals surface area (Å²) in [6, 6.07) is 6.56. The minimum absolute atomic E-state index is 0.111. The molecule has 27 heavy (non-hydrogen) atoms. The molecule has 144 valence electrons. The number of carbonyl (C=O) groups is 3. The van der Waals surface area contributed by atoms with Crippen LogP contribution in [0.4, 0.5) is 5.69 Å². The van der Waals surface area contributed by atoms with Crippen molar-refractivity contribution >= 4 is 55.3 Å². The van der Waals surface area contributed by atoms with Crippen LogP contribution >= 0.6 is 31.9 Å². The number of halogens is 2. The van der Waals surface area contributed by atoms with Crippen LogP contribution in [-0.2, 0) is 14.3 Å². The summed E-state index contributed by atoms with van der Waals surface area (Å²) in [6.07, 6.45) is 2.70. The Hall–Kier alpha value is -1.21. The molecule has 1 aliphatic heterocycles. The van der Waals surface area contributed by atoms with Gasteiger partial charge in [0.1, 0.15) is 0 Å². The van der Waals surface area contributed by atoms with E-state index in [-0.39, 0.29) is 51.1 Å². The maximum absolute atomic E-state index is 13.0. The average molecular weight is 499 g/mol. The number of rotatable bonds is 5. The van der Waals surface area contributed by atoms with Crippen LogP contribution in [0.1, 0.15) is 36.5 Å². The zero-order chi connectivity index (χ0) is 19.3. The zero-order valence-electron chi connectivity index (χ0n) is 14.9. The highest BCUT2D eigenvalue weighted by molar-refractivity contribution is 9.12. The molecule has 0 radical (unpaired) electrons. The summed E-state index contributed by atoms with van der Waals surface area (Å²) in [5.74, 6) is -0.691.